The van der Waals surface area contributed by atoms with E-state index in [4.69, 9.17) is 0 Å². The van der Waals surface area contributed by atoms with Crippen LogP contribution >= 0.6 is 0 Å². The Bertz CT molecular complexity index is 6220. The molecule has 8 aliphatic carbocycles. The van der Waals surface area contributed by atoms with Crippen molar-refractivity contribution in [1.29, 1.82) is 0 Å². The molecule has 4 aromatic heterocycles. The molecule has 0 amide bonds. The summed E-state index contributed by atoms with van der Waals surface area (Å²) in [5, 5.41) is 9.71. The number of benzene rings is 9. The maximum Gasteiger partial charge on any atom is 0.295 e. The fourth-order valence-electron chi connectivity index (χ4n) is 19.4. The fraction of sp³-hybridized carbons (Fsp3) is 0.429. The molecule has 11 aliphatic rings. The molecule has 0 N–H and O–H groups in total. The van der Waals surface area contributed by atoms with Gasteiger partial charge in [0.15, 0.2) is 22.1 Å². The van der Waals surface area contributed by atoms with E-state index in [1.54, 1.807) is 11.4 Å². The van der Waals surface area contributed by atoms with Crippen molar-refractivity contribution in [2.45, 2.75) is 272 Å². The second-order valence-corrected chi connectivity index (χ2v) is 32.1. The van der Waals surface area contributed by atoms with Crippen molar-refractivity contribution in [3.8, 4) is 0 Å². The minimum Gasteiger partial charge on any atom is -0.356 e. The lowest BCUT2D eigenvalue weighted by Gasteiger charge is -2.31. The van der Waals surface area contributed by atoms with Gasteiger partial charge in [0.05, 0.1) is 47.6 Å². The van der Waals surface area contributed by atoms with Gasteiger partial charge in [-0.2, -0.15) is 8.80 Å². The maximum absolute atomic E-state index is 2.55. The van der Waals surface area contributed by atoms with E-state index in [9.17, 15) is 0 Å². The van der Waals surface area contributed by atoms with Crippen molar-refractivity contribution in [1.82, 2.24) is 18.6 Å². The summed E-state index contributed by atoms with van der Waals surface area (Å²) >= 11 is 0. The lowest BCUT2D eigenvalue weighted by atomic mass is 10.0. The number of aromatic nitrogens is 4. The number of imidazole rings is 2. The van der Waals surface area contributed by atoms with Gasteiger partial charge in [-0.05, 0) is 228 Å². The van der Waals surface area contributed by atoms with Crippen LogP contribution in [0.2, 0.25) is 0 Å². The van der Waals surface area contributed by atoms with Crippen LogP contribution in [-0.2, 0) is 26.9 Å². The number of allylic oxidation sites excluding steroid dienone is 6. The first kappa shape index (κ1) is 104. The van der Waals surface area contributed by atoms with E-state index < -0.39 is 0 Å². The monoisotopic (exact) mass is 1740 g/mol. The van der Waals surface area contributed by atoms with Crippen LogP contribution in [0.3, 0.4) is 0 Å². The number of likely N-dealkylation sites (N-methyl/N-ethyl adjacent to an activating group) is 1. The molecule has 13 aromatic rings. The molecule has 0 spiro atoms. The second-order valence-electron chi connectivity index (χ2n) is 32.1. The maximum atomic E-state index is 2.55. The molecule has 690 valence electrons. The van der Waals surface area contributed by atoms with Crippen LogP contribution in [-0.4, -0.2) is 58.2 Å². The number of hydrogen-bond acceptors (Lipinski definition) is 6. The van der Waals surface area contributed by atoms with Crippen molar-refractivity contribution in [2.24, 2.45) is 49.6 Å². The summed E-state index contributed by atoms with van der Waals surface area (Å²) in [6, 6.07) is 66.3. The van der Waals surface area contributed by atoms with Gasteiger partial charge in [0.2, 0.25) is 0 Å². The van der Waals surface area contributed by atoms with Gasteiger partial charge in [-0.25, -0.2) is 9.13 Å². The summed E-state index contributed by atoms with van der Waals surface area (Å²) in [5.41, 5.74) is 34.7. The third-order valence-electron chi connectivity index (χ3n) is 25.9. The average molecular weight is 1740 g/mol. The van der Waals surface area contributed by atoms with Gasteiger partial charge in [-0.1, -0.05) is 306 Å². The SMILES string of the molecule is CC.CC.CC.CC.CC.CC.CC.CC.CC.CC.CC.CC.Cc1cccc2c3c(n4c5ccccc5[n+](C)c4c12)=CC1CC1C=3.Cc1cccc2c3ccc4c(c3n3c5ccccc5[n+](C)c3c12)C4.Cc1ccccc1N1C2=C(C3CC3C=C2)N(C)[C@@H]1C.Cc1ccccc1N1C2=C(C=CC3CC23)N(C)[C@@H]1C.Cc1ccccc1N1c2cc3c(cc2N(C)[C@@H]1C)C3. The number of para-hydroxylation sites is 7. The van der Waals surface area contributed by atoms with Crippen LogP contribution in [0.15, 0.2) is 229 Å². The Hall–Kier alpha value is -10.8. The number of nitrogens with zero attached hydrogens (tertiary/aromatic N) is 10. The molecule has 3 aliphatic heterocycles. The van der Waals surface area contributed by atoms with Crippen molar-refractivity contribution in [3.05, 3.63) is 290 Å². The van der Waals surface area contributed by atoms with E-state index in [1.807, 2.05) is 166 Å². The summed E-state index contributed by atoms with van der Waals surface area (Å²) in [5.74, 6) is 4.64. The predicted octanol–water partition coefficient (Wildman–Crippen LogP) is 30.2. The molecule has 9 atom stereocenters. The molecule has 24 rings (SSSR count). The minimum atomic E-state index is 0.372. The highest BCUT2D eigenvalue weighted by molar-refractivity contribution is 6.15. The quantitative estimate of drug-likeness (QED) is 0.130. The molecule has 0 bridgehead atoms. The van der Waals surface area contributed by atoms with Crippen LogP contribution in [0.25, 0.3) is 78.0 Å². The third-order valence-corrected chi connectivity index (χ3v) is 25.9. The van der Waals surface area contributed by atoms with E-state index in [0.29, 0.717) is 18.5 Å². The van der Waals surface area contributed by atoms with Crippen LogP contribution in [0.1, 0.15) is 256 Å². The molecule has 6 unspecified atom stereocenters. The molecular formula is C119H166N10+2. The predicted molar refractivity (Wildman–Crippen MR) is 571 cm³/mol. The number of rotatable bonds is 3. The highest BCUT2D eigenvalue weighted by Crippen LogP contribution is 2.57. The van der Waals surface area contributed by atoms with Crippen molar-refractivity contribution >= 4 is 106 Å². The summed E-state index contributed by atoms with van der Waals surface area (Å²) < 4.78 is 9.69. The van der Waals surface area contributed by atoms with Crippen molar-refractivity contribution in [2.75, 3.05) is 40.7 Å². The van der Waals surface area contributed by atoms with Crippen LogP contribution in [0.5, 0.6) is 0 Å². The number of hydrogen-bond donors (Lipinski definition) is 0. The summed E-state index contributed by atoms with van der Waals surface area (Å²) in [6.45, 7) is 65.9. The Balaban J connectivity index is 0.000000188. The smallest absolute Gasteiger partial charge is 0.295 e. The Morgan fingerprint density at radius 3 is 1.26 bits per heavy atom. The topological polar surface area (TPSA) is 36.0 Å². The van der Waals surface area contributed by atoms with E-state index in [1.165, 1.54) is 192 Å². The zero-order valence-corrected chi connectivity index (χ0v) is 87.0. The van der Waals surface area contributed by atoms with Crippen LogP contribution in [0, 0.1) is 70.1 Å². The highest BCUT2D eigenvalue weighted by atomic mass is 15.4. The lowest BCUT2D eigenvalue weighted by molar-refractivity contribution is -0.617. The highest BCUT2D eigenvalue weighted by Gasteiger charge is 2.51. The molecule has 3 fully saturated rings. The zero-order chi connectivity index (χ0) is 95.4. The summed E-state index contributed by atoms with van der Waals surface area (Å²) in [4.78, 5) is 14.8. The fourth-order valence-corrected chi connectivity index (χ4v) is 19.4. The van der Waals surface area contributed by atoms with Gasteiger partial charge in [-0.3, -0.25) is 0 Å². The van der Waals surface area contributed by atoms with E-state index in [2.05, 4.69) is 356 Å². The normalized spacial score (nSPS) is 19.2. The molecule has 7 heterocycles. The van der Waals surface area contributed by atoms with Gasteiger partial charge >= 0.3 is 0 Å². The first-order valence-electron chi connectivity index (χ1n) is 50.6. The first-order chi connectivity index (χ1) is 63.0. The zero-order valence-electron chi connectivity index (χ0n) is 87.0. The van der Waals surface area contributed by atoms with Crippen LogP contribution in [0.4, 0.5) is 28.4 Å². The first-order valence-corrected chi connectivity index (χ1v) is 50.6. The molecule has 3 saturated carbocycles. The Morgan fingerprint density at radius 1 is 0.318 bits per heavy atom. The molecule has 10 heteroatoms. The van der Waals surface area contributed by atoms with Gasteiger partial charge in [0, 0.05) is 94.8 Å². The third kappa shape index (κ3) is 19.7. The molecule has 9 aromatic carbocycles. The van der Waals surface area contributed by atoms with E-state index in [0.717, 1.165) is 41.9 Å². The number of aryl methyl sites for hydroxylation is 7. The Morgan fingerprint density at radius 2 is 0.729 bits per heavy atom. The van der Waals surface area contributed by atoms with Crippen LogP contribution < -0.4 is 39.3 Å². The van der Waals surface area contributed by atoms with E-state index in [-0.39, 0.29) is 0 Å². The molecule has 0 radical (unpaired) electrons. The molecule has 129 heavy (non-hydrogen) atoms. The summed E-state index contributed by atoms with van der Waals surface area (Å²) in [7, 11) is 11.0. The van der Waals surface area contributed by atoms with Gasteiger partial charge in [0.25, 0.3) is 11.3 Å². The number of fused-ring (bicyclic) bond motifs is 25. The average Bonchev–Trinajstić information content (AvgIpc) is 1.63. The summed E-state index contributed by atoms with van der Waals surface area (Å²) in [6.07, 6.45) is 22.0. The van der Waals surface area contributed by atoms with Gasteiger partial charge < -0.3 is 29.4 Å². The number of anilines is 5. The largest absolute Gasteiger partial charge is 0.356 e. The Labute approximate surface area is 781 Å². The molecule has 10 nitrogen and oxygen atoms in total. The van der Waals surface area contributed by atoms with E-state index >= 15 is 0 Å². The minimum absolute atomic E-state index is 0.372. The number of pyridine rings is 2. The second kappa shape index (κ2) is 47.1. The Kier molecular flexibility index (Phi) is 37.8. The molecule has 0 saturated heterocycles. The van der Waals surface area contributed by atoms with Gasteiger partial charge in [0.1, 0.15) is 29.4 Å². The van der Waals surface area contributed by atoms with Gasteiger partial charge in [-0.15, -0.1) is 0 Å². The van der Waals surface area contributed by atoms with Crippen molar-refractivity contribution < 1.29 is 9.13 Å². The lowest BCUT2D eigenvalue weighted by Crippen LogP contribution is -2.37. The van der Waals surface area contributed by atoms with Crippen molar-refractivity contribution in [3.63, 3.8) is 0 Å². The molecular weight excluding hydrogens is 1570 g/mol. The standard InChI is InChI=1S/C22H19N2.C22H17N2.C17H18N2.2C17H20N2.12C2H6/c1-13-6-5-7-16-17-11-14-10-15(14)12-20(17)24-19-9-4-3-8-18(19)23(2)22(24)21(13)16;1-13-6-5-7-15-16-11-10-14-12-17(14)21(16)24-19-9-4-3-8-18(19)23(2)22(24)20(13)15;1-11-6-4-5-7-15(11)19-12(2)18(3)16-9-13-8-14(13)10-17(16)19;1-11-6-4-5-7-15(11)19-12(2)18(3)17-14-10-13(14)8-9-16(17)19;1-11-6-4-5-7-15(11)19-12(2)18(3)16-9-8-13-10-14(13)17(16)19;12*1-2/h3-9,11-12,14-15H,10H2,1-2H3;3-11H,12H2,1-2H3;4-7,9-10,12H,8H2,1-3H3;2*4-9,12-14H,10H2,1-3H3;12*1-2H3/q2*+1;;;;;;;;;;;;;;;/t;;12-;2*12-,13?,14?;;;;;;;;;;;;/m..000............/s1.